The van der Waals surface area contributed by atoms with Gasteiger partial charge in [-0.3, -0.25) is 4.79 Å². The monoisotopic (exact) mass is 304 g/mol. The summed E-state index contributed by atoms with van der Waals surface area (Å²) in [4.78, 5) is 13.2. The molecule has 1 aromatic rings. The quantitative estimate of drug-likeness (QED) is 0.810. The van der Waals surface area contributed by atoms with Gasteiger partial charge in [-0.2, -0.15) is 0 Å². The molecule has 0 aliphatic carbocycles. The van der Waals surface area contributed by atoms with Crippen molar-refractivity contribution in [3.63, 3.8) is 0 Å². The number of nitrogens with two attached hydrogens (primary N) is 1. The van der Waals surface area contributed by atoms with E-state index in [1.807, 2.05) is 0 Å². The zero-order valence-electron chi connectivity index (χ0n) is 8.92. The van der Waals surface area contributed by atoms with Gasteiger partial charge in [0.1, 0.15) is 0 Å². The maximum atomic E-state index is 13.0. The number of nitrogens with zero attached hydrogens (tertiary/aromatic N) is 1. The van der Waals surface area contributed by atoms with Crippen LogP contribution in [0.15, 0.2) is 22.7 Å². The summed E-state index contributed by atoms with van der Waals surface area (Å²) in [6, 6.07) is 4.83. The molecule has 0 atom stereocenters. The second kappa shape index (κ2) is 4.25. The molecule has 1 heterocycles. The standard InChI is InChI=1S/C11H11BrF2N2O/c12-9-7(2-1-3-8(9)15)10(17)16-5-4-11(13,14)6-16/h1-3H,4-6,15H2. The zero-order chi connectivity index (χ0) is 12.6. The zero-order valence-corrected chi connectivity index (χ0v) is 10.5. The summed E-state index contributed by atoms with van der Waals surface area (Å²) in [7, 11) is 0. The van der Waals surface area contributed by atoms with Crippen LogP contribution in [0.1, 0.15) is 16.8 Å². The number of anilines is 1. The molecule has 3 nitrogen and oxygen atoms in total. The van der Waals surface area contributed by atoms with Crippen molar-refractivity contribution in [3.05, 3.63) is 28.2 Å². The molecular formula is C11H11BrF2N2O. The fourth-order valence-electron chi connectivity index (χ4n) is 1.79. The van der Waals surface area contributed by atoms with Crippen molar-refractivity contribution in [1.82, 2.24) is 4.90 Å². The molecule has 2 N–H and O–H groups in total. The van der Waals surface area contributed by atoms with Gasteiger partial charge in [-0.1, -0.05) is 6.07 Å². The lowest BCUT2D eigenvalue weighted by atomic mass is 10.2. The average molecular weight is 305 g/mol. The van der Waals surface area contributed by atoms with E-state index in [4.69, 9.17) is 5.73 Å². The minimum absolute atomic E-state index is 0.0765. The van der Waals surface area contributed by atoms with Crippen molar-refractivity contribution in [2.24, 2.45) is 0 Å². The molecule has 92 valence electrons. The van der Waals surface area contributed by atoms with E-state index >= 15 is 0 Å². The molecule has 6 heteroatoms. The Hall–Kier alpha value is -1.17. The lowest BCUT2D eigenvalue weighted by molar-refractivity contribution is 0.0120. The van der Waals surface area contributed by atoms with E-state index in [9.17, 15) is 13.6 Å². The Kier molecular flexibility index (Phi) is 3.07. The van der Waals surface area contributed by atoms with Gasteiger partial charge < -0.3 is 10.6 Å². The summed E-state index contributed by atoms with van der Waals surface area (Å²) < 4.78 is 26.5. The van der Waals surface area contributed by atoms with Crippen LogP contribution in [-0.4, -0.2) is 29.8 Å². The number of alkyl halides is 2. The molecule has 2 rings (SSSR count). The highest BCUT2D eigenvalue weighted by Crippen LogP contribution is 2.30. The molecule has 0 radical (unpaired) electrons. The lowest BCUT2D eigenvalue weighted by Crippen LogP contribution is -2.31. The second-order valence-electron chi connectivity index (χ2n) is 4.04. The molecule has 1 aliphatic rings. The number of halogens is 3. The van der Waals surface area contributed by atoms with Crippen LogP contribution in [0, 0.1) is 0 Å². The smallest absolute Gasteiger partial charge is 0.267 e. The summed E-state index contributed by atoms with van der Waals surface area (Å²) >= 11 is 3.20. The molecule has 1 aliphatic heterocycles. The van der Waals surface area contributed by atoms with Gasteiger partial charge in [0, 0.05) is 18.7 Å². The Bertz CT molecular complexity index is 465. The minimum Gasteiger partial charge on any atom is -0.398 e. The van der Waals surface area contributed by atoms with E-state index < -0.39 is 18.4 Å². The summed E-state index contributed by atoms with van der Waals surface area (Å²) in [5.41, 5.74) is 6.38. The Labute approximate surface area is 106 Å². The summed E-state index contributed by atoms with van der Waals surface area (Å²) in [5.74, 6) is -3.19. The largest absolute Gasteiger partial charge is 0.398 e. The predicted molar refractivity (Wildman–Crippen MR) is 64.0 cm³/mol. The van der Waals surface area contributed by atoms with Crippen LogP contribution in [0.4, 0.5) is 14.5 Å². The highest BCUT2D eigenvalue weighted by atomic mass is 79.9. The van der Waals surface area contributed by atoms with E-state index in [-0.39, 0.29) is 13.0 Å². The van der Waals surface area contributed by atoms with Crippen molar-refractivity contribution >= 4 is 27.5 Å². The van der Waals surface area contributed by atoms with Crippen molar-refractivity contribution in [2.75, 3.05) is 18.8 Å². The first-order valence-corrected chi connectivity index (χ1v) is 5.91. The van der Waals surface area contributed by atoms with E-state index in [0.29, 0.717) is 15.7 Å². The van der Waals surface area contributed by atoms with Crippen LogP contribution >= 0.6 is 15.9 Å². The Morgan fingerprint density at radius 1 is 1.47 bits per heavy atom. The van der Waals surface area contributed by atoms with Crippen molar-refractivity contribution < 1.29 is 13.6 Å². The van der Waals surface area contributed by atoms with Crippen LogP contribution in [0.25, 0.3) is 0 Å². The van der Waals surface area contributed by atoms with Gasteiger partial charge in [0.05, 0.1) is 16.6 Å². The third kappa shape index (κ3) is 2.41. The van der Waals surface area contributed by atoms with E-state index in [2.05, 4.69) is 15.9 Å². The first-order chi connectivity index (χ1) is 7.91. The van der Waals surface area contributed by atoms with Gasteiger partial charge in [-0.15, -0.1) is 0 Å². The Morgan fingerprint density at radius 2 is 2.18 bits per heavy atom. The Balaban J connectivity index is 2.24. The molecule has 1 fully saturated rings. The fraction of sp³-hybridized carbons (Fsp3) is 0.364. The molecule has 0 spiro atoms. The lowest BCUT2D eigenvalue weighted by Gasteiger charge is -2.17. The molecule has 0 bridgehead atoms. The molecule has 0 aromatic heterocycles. The third-order valence-corrected chi connectivity index (χ3v) is 3.60. The molecule has 0 saturated carbocycles. The number of rotatable bonds is 1. The van der Waals surface area contributed by atoms with E-state index in [1.165, 1.54) is 0 Å². The Morgan fingerprint density at radius 3 is 2.76 bits per heavy atom. The molecular weight excluding hydrogens is 294 g/mol. The van der Waals surface area contributed by atoms with Gasteiger partial charge in [-0.25, -0.2) is 8.78 Å². The number of carbonyl (C=O) groups excluding carboxylic acids is 1. The van der Waals surface area contributed by atoms with Crippen molar-refractivity contribution in [1.29, 1.82) is 0 Å². The van der Waals surface area contributed by atoms with Crippen molar-refractivity contribution in [2.45, 2.75) is 12.3 Å². The van der Waals surface area contributed by atoms with Gasteiger partial charge >= 0.3 is 0 Å². The van der Waals surface area contributed by atoms with Crippen LogP contribution in [0.2, 0.25) is 0 Å². The van der Waals surface area contributed by atoms with Crippen LogP contribution < -0.4 is 5.73 Å². The maximum absolute atomic E-state index is 13.0. The molecule has 1 amide bonds. The molecule has 17 heavy (non-hydrogen) atoms. The maximum Gasteiger partial charge on any atom is 0.267 e. The summed E-state index contributed by atoms with van der Waals surface area (Å²) in [6.45, 7) is -0.444. The molecule has 0 unspecified atom stereocenters. The van der Waals surface area contributed by atoms with Gasteiger partial charge in [0.15, 0.2) is 0 Å². The molecule has 1 saturated heterocycles. The van der Waals surface area contributed by atoms with Gasteiger partial charge in [0.25, 0.3) is 11.8 Å². The summed E-state index contributed by atoms with van der Waals surface area (Å²) in [5, 5.41) is 0. The summed E-state index contributed by atoms with van der Waals surface area (Å²) in [6.07, 6.45) is -0.279. The number of likely N-dealkylation sites (tertiary alicyclic amines) is 1. The minimum atomic E-state index is -2.78. The average Bonchev–Trinajstić information content (AvgIpc) is 2.62. The van der Waals surface area contributed by atoms with Crippen LogP contribution in [-0.2, 0) is 0 Å². The second-order valence-corrected chi connectivity index (χ2v) is 4.83. The van der Waals surface area contributed by atoms with Crippen molar-refractivity contribution in [3.8, 4) is 0 Å². The van der Waals surface area contributed by atoms with Crippen LogP contribution in [0.5, 0.6) is 0 Å². The normalized spacial score (nSPS) is 18.4. The number of benzene rings is 1. The number of amides is 1. The first kappa shape index (κ1) is 12.3. The SMILES string of the molecule is Nc1cccc(C(=O)N2CCC(F)(F)C2)c1Br. The highest BCUT2D eigenvalue weighted by molar-refractivity contribution is 9.10. The predicted octanol–water partition coefficient (Wildman–Crippen LogP) is 2.51. The first-order valence-electron chi connectivity index (χ1n) is 5.12. The fourth-order valence-corrected chi connectivity index (χ4v) is 2.23. The molecule has 1 aromatic carbocycles. The van der Waals surface area contributed by atoms with E-state index in [1.54, 1.807) is 18.2 Å². The number of hydrogen-bond acceptors (Lipinski definition) is 2. The van der Waals surface area contributed by atoms with E-state index in [0.717, 1.165) is 4.90 Å². The number of hydrogen-bond donors (Lipinski definition) is 1. The topological polar surface area (TPSA) is 46.3 Å². The number of carbonyl (C=O) groups is 1. The van der Waals surface area contributed by atoms with Crippen LogP contribution in [0.3, 0.4) is 0 Å². The number of nitrogen functional groups attached to an aromatic ring is 1. The third-order valence-electron chi connectivity index (χ3n) is 2.72. The highest BCUT2D eigenvalue weighted by Gasteiger charge is 2.40. The van der Waals surface area contributed by atoms with Gasteiger partial charge in [0.2, 0.25) is 0 Å². The van der Waals surface area contributed by atoms with Gasteiger partial charge in [-0.05, 0) is 28.1 Å².